The van der Waals surface area contributed by atoms with Crippen molar-refractivity contribution in [2.45, 2.75) is 31.3 Å². The van der Waals surface area contributed by atoms with Crippen LogP contribution in [-0.2, 0) is 14.8 Å². The van der Waals surface area contributed by atoms with Gasteiger partial charge in [-0.25, -0.2) is 17.5 Å². The molecule has 0 aliphatic heterocycles. The van der Waals surface area contributed by atoms with E-state index in [1.807, 2.05) is 13.8 Å². The summed E-state index contributed by atoms with van der Waals surface area (Å²) in [5.74, 6) is -0.569. The van der Waals surface area contributed by atoms with Gasteiger partial charge in [-0.1, -0.05) is 6.07 Å². The molecule has 0 fully saturated rings. The summed E-state index contributed by atoms with van der Waals surface area (Å²) < 4.78 is 44.1. The molecule has 0 aromatic heterocycles. The van der Waals surface area contributed by atoms with Crippen LogP contribution >= 0.6 is 0 Å². The van der Waals surface area contributed by atoms with Gasteiger partial charge in [0.15, 0.2) is 0 Å². The van der Waals surface area contributed by atoms with Crippen LogP contribution in [0.25, 0.3) is 0 Å². The number of halogens is 1. The highest BCUT2D eigenvalue weighted by molar-refractivity contribution is 7.89. The standard InChI is InChI=1S/C12H18FNO3S/c1-10(2)17-8-4-7-14-18(15,16)12-6-3-5-11(13)9-12/h3,5-6,9-10,14H,4,7-8H2,1-2H3. The Morgan fingerprint density at radius 3 is 2.72 bits per heavy atom. The molecule has 0 atom stereocenters. The van der Waals surface area contributed by atoms with Gasteiger partial charge in [-0.3, -0.25) is 0 Å². The second-order valence-corrected chi connectivity index (χ2v) is 5.90. The van der Waals surface area contributed by atoms with Crippen molar-refractivity contribution in [3.63, 3.8) is 0 Å². The summed E-state index contributed by atoms with van der Waals surface area (Å²) in [7, 11) is -3.63. The van der Waals surface area contributed by atoms with Crippen LogP contribution in [0.1, 0.15) is 20.3 Å². The van der Waals surface area contributed by atoms with E-state index in [1.54, 1.807) is 0 Å². The fourth-order valence-electron chi connectivity index (χ4n) is 1.32. The SMILES string of the molecule is CC(C)OCCCNS(=O)(=O)c1cccc(F)c1. The van der Waals surface area contributed by atoms with Crippen LogP contribution in [0.2, 0.25) is 0 Å². The first kappa shape index (κ1) is 15.1. The van der Waals surface area contributed by atoms with Crippen molar-refractivity contribution >= 4 is 10.0 Å². The number of hydrogen-bond donors (Lipinski definition) is 1. The zero-order valence-electron chi connectivity index (χ0n) is 10.5. The Morgan fingerprint density at radius 2 is 2.11 bits per heavy atom. The largest absolute Gasteiger partial charge is 0.379 e. The van der Waals surface area contributed by atoms with Crippen LogP contribution < -0.4 is 4.72 Å². The first-order valence-electron chi connectivity index (χ1n) is 5.78. The summed E-state index contributed by atoms with van der Waals surface area (Å²) in [6.45, 7) is 4.59. The molecule has 0 spiro atoms. The van der Waals surface area contributed by atoms with Crippen LogP contribution in [0.3, 0.4) is 0 Å². The third-order valence-electron chi connectivity index (χ3n) is 2.17. The molecule has 1 rings (SSSR count). The van der Waals surface area contributed by atoms with Crippen molar-refractivity contribution < 1.29 is 17.5 Å². The van der Waals surface area contributed by atoms with Gasteiger partial charge in [-0.15, -0.1) is 0 Å². The van der Waals surface area contributed by atoms with Gasteiger partial charge in [0.2, 0.25) is 10.0 Å². The first-order chi connectivity index (χ1) is 8.42. The number of nitrogens with one attached hydrogen (secondary N) is 1. The van der Waals surface area contributed by atoms with Crippen LogP contribution in [0.15, 0.2) is 29.2 Å². The molecule has 1 aromatic carbocycles. The summed E-state index contributed by atoms with van der Waals surface area (Å²) >= 11 is 0. The summed E-state index contributed by atoms with van der Waals surface area (Å²) in [6.07, 6.45) is 0.706. The lowest BCUT2D eigenvalue weighted by Gasteiger charge is -2.09. The summed E-state index contributed by atoms with van der Waals surface area (Å²) in [6, 6.07) is 4.92. The van der Waals surface area contributed by atoms with Gasteiger partial charge in [-0.2, -0.15) is 0 Å². The molecule has 0 saturated heterocycles. The summed E-state index contributed by atoms with van der Waals surface area (Å²) in [5.41, 5.74) is 0. The third-order valence-corrected chi connectivity index (χ3v) is 3.63. The van der Waals surface area contributed by atoms with Crippen LogP contribution in [0.5, 0.6) is 0 Å². The lowest BCUT2D eigenvalue weighted by atomic mass is 10.4. The minimum absolute atomic E-state index is 0.0627. The second-order valence-electron chi connectivity index (χ2n) is 4.13. The second kappa shape index (κ2) is 6.82. The van der Waals surface area contributed by atoms with E-state index in [9.17, 15) is 12.8 Å². The molecule has 0 aliphatic rings. The van der Waals surface area contributed by atoms with E-state index in [0.717, 1.165) is 6.07 Å². The summed E-state index contributed by atoms with van der Waals surface area (Å²) in [4.78, 5) is -0.0627. The van der Waals surface area contributed by atoms with E-state index in [1.165, 1.54) is 18.2 Å². The molecule has 0 unspecified atom stereocenters. The number of rotatable bonds is 7. The smallest absolute Gasteiger partial charge is 0.240 e. The maximum Gasteiger partial charge on any atom is 0.240 e. The van der Waals surface area contributed by atoms with Crippen molar-refractivity contribution in [3.05, 3.63) is 30.1 Å². The fraction of sp³-hybridized carbons (Fsp3) is 0.500. The molecule has 0 bridgehead atoms. The highest BCUT2D eigenvalue weighted by atomic mass is 32.2. The van der Waals surface area contributed by atoms with Gasteiger partial charge in [0, 0.05) is 13.2 Å². The Morgan fingerprint density at radius 1 is 1.39 bits per heavy atom. The predicted octanol–water partition coefficient (Wildman–Crippen LogP) is 1.92. The topological polar surface area (TPSA) is 55.4 Å². The molecule has 1 aromatic rings. The van der Waals surface area contributed by atoms with Gasteiger partial charge in [0.25, 0.3) is 0 Å². The number of hydrogen-bond acceptors (Lipinski definition) is 3. The zero-order chi connectivity index (χ0) is 13.6. The average molecular weight is 275 g/mol. The molecule has 0 heterocycles. The molecule has 0 aliphatic carbocycles. The van der Waals surface area contributed by atoms with E-state index >= 15 is 0 Å². The normalized spacial score (nSPS) is 12.0. The molecule has 4 nitrogen and oxygen atoms in total. The van der Waals surface area contributed by atoms with Gasteiger partial charge < -0.3 is 4.74 Å². The Kier molecular flexibility index (Phi) is 5.71. The van der Waals surface area contributed by atoms with Crippen LogP contribution in [0.4, 0.5) is 4.39 Å². The van der Waals surface area contributed by atoms with E-state index in [4.69, 9.17) is 4.74 Å². The van der Waals surface area contributed by atoms with Crippen molar-refractivity contribution in [1.82, 2.24) is 4.72 Å². The van der Waals surface area contributed by atoms with Gasteiger partial charge in [0.05, 0.1) is 11.0 Å². The minimum atomic E-state index is -3.63. The monoisotopic (exact) mass is 275 g/mol. The zero-order valence-corrected chi connectivity index (χ0v) is 11.3. The third kappa shape index (κ3) is 5.12. The number of sulfonamides is 1. The van der Waals surface area contributed by atoms with Gasteiger partial charge in [0.1, 0.15) is 5.82 Å². The Balaban J connectivity index is 2.46. The minimum Gasteiger partial charge on any atom is -0.379 e. The van der Waals surface area contributed by atoms with Gasteiger partial charge >= 0.3 is 0 Å². The van der Waals surface area contributed by atoms with Gasteiger partial charge in [-0.05, 0) is 38.5 Å². The van der Waals surface area contributed by atoms with Crippen molar-refractivity contribution in [2.24, 2.45) is 0 Å². The number of benzene rings is 1. The Hall–Kier alpha value is -0.980. The molecule has 18 heavy (non-hydrogen) atoms. The fourth-order valence-corrected chi connectivity index (χ4v) is 2.42. The molecule has 0 amide bonds. The molecular weight excluding hydrogens is 257 g/mol. The number of ether oxygens (including phenoxy) is 1. The van der Waals surface area contributed by atoms with E-state index in [0.29, 0.717) is 13.0 Å². The van der Waals surface area contributed by atoms with Crippen LogP contribution in [0, 0.1) is 5.82 Å². The average Bonchev–Trinajstić information content (AvgIpc) is 2.28. The van der Waals surface area contributed by atoms with Crippen molar-refractivity contribution in [1.29, 1.82) is 0 Å². The Bertz CT molecular complexity index is 474. The van der Waals surface area contributed by atoms with E-state index < -0.39 is 15.8 Å². The van der Waals surface area contributed by atoms with Crippen molar-refractivity contribution in [2.75, 3.05) is 13.2 Å². The van der Waals surface area contributed by atoms with E-state index in [2.05, 4.69) is 4.72 Å². The lowest BCUT2D eigenvalue weighted by molar-refractivity contribution is 0.0778. The lowest BCUT2D eigenvalue weighted by Crippen LogP contribution is -2.26. The predicted molar refractivity (Wildman–Crippen MR) is 67.3 cm³/mol. The quantitative estimate of drug-likeness (QED) is 0.773. The molecule has 1 N–H and O–H groups in total. The highest BCUT2D eigenvalue weighted by Crippen LogP contribution is 2.09. The molecule has 6 heteroatoms. The van der Waals surface area contributed by atoms with Crippen LogP contribution in [-0.4, -0.2) is 27.7 Å². The molecule has 0 radical (unpaired) electrons. The maximum absolute atomic E-state index is 12.9. The molecule has 102 valence electrons. The first-order valence-corrected chi connectivity index (χ1v) is 7.27. The summed E-state index contributed by atoms with van der Waals surface area (Å²) in [5, 5.41) is 0. The Labute approximate surface area is 107 Å². The molecular formula is C12H18FNO3S. The maximum atomic E-state index is 12.9. The highest BCUT2D eigenvalue weighted by Gasteiger charge is 2.13. The molecule has 0 saturated carbocycles. The van der Waals surface area contributed by atoms with Crippen molar-refractivity contribution in [3.8, 4) is 0 Å². The van der Waals surface area contributed by atoms with E-state index in [-0.39, 0.29) is 17.5 Å².